The number of hydrogen-bond donors (Lipinski definition) is 1. The molecule has 0 unspecified atom stereocenters. The van der Waals surface area contributed by atoms with Gasteiger partial charge in [0.1, 0.15) is 5.82 Å². The van der Waals surface area contributed by atoms with Gasteiger partial charge in [0.25, 0.3) is 5.91 Å². The van der Waals surface area contributed by atoms with Crippen LogP contribution in [0.3, 0.4) is 0 Å². The Kier molecular flexibility index (Phi) is 5.51. The van der Waals surface area contributed by atoms with E-state index in [1.54, 1.807) is 6.07 Å². The summed E-state index contributed by atoms with van der Waals surface area (Å²) in [7, 11) is 0. The number of rotatable bonds is 4. The average molecular weight is 365 g/mol. The third-order valence-electron chi connectivity index (χ3n) is 5.53. The van der Waals surface area contributed by atoms with Gasteiger partial charge < -0.3 is 15.1 Å². The number of hydrogen-bond acceptors (Lipinski definition) is 5. The third-order valence-corrected chi connectivity index (χ3v) is 5.53. The second kappa shape index (κ2) is 8.37. The van der Waals surface area contributed by atoms with E-state index < -0.39 is 0 Å². The van der Waals surface area contributed by atoms with E-state index in [1.165, 1.54) is 37.8 Å². The lowest BCUT2D eigenvalue weighted by Gasteiger charge is -2.35. The molecular weight excluding hydrogens is 338 g/mol. The Labute approximate surface area is 160 Å². The van der Waals surface area contributed by atoms with E-state index in [4.69, 9.17) is 0 Å². The molecule has 4 rings (SSSR count). The number of para-hydroxylation sites is 1. The van der Waals surface area contributed by atoms with Crippen LogP contribution in [0.1, 0.15) is 42.6 Å². The van der Waals surface area contributed by atoms with Crippen LogP contribution in [0.25, 0.3) is 0 Å². The number of amides is 1. The fraction of sp³-hybridized carbons (Fsp3) is 0.476. The van der Waals surface area contributed by atoms with Crippen LogP contribution in [-0.2, 0) is 0 Å². The number of benzene rings is 1. The van der Waals surface area contributed by atoms with Crippen LogP contribution < -0.4 is 10.2 Å². The Morgan fingerprint density at radius 3 is 2.30 bits per heavy atom. The van der Waals surface area contributed by atoms with Gasteiger partial charge in [-0.15, -0.1) is 10.2 Å². The van der Waals surface area contributed by atoms with E-state index in [1.807, 2.05) is 29.2 Å². The van der Waals surface area contributed by atoms with Crippen LogP contribution in [0.5, 0.6) is 0 Å². The molecule has 1 saturated carbocycles. The number of anilines is 2. The van der Waals surface area contributed by atoms with E-state index in [-0.39, 0.29) is 5.91 Å². The quantitative estimate of drug-likeness (QED) is 0.902. The number of nitrogens with zero attached hydrogens (tertiary/aromatic N) is 4. The fourth-order valence-corrected chi connectivity index (χ4v) is 3.95. The van der Waals surface area contributed by atoms with Gasteiger partial charge in [-0.25, -0.2) is 0 Å². The summed E-state index contributed by atoms with van der Waals surface area (Å²) in [5.41, 5.74) is 1.64. The Hall–Kier alpha value is -2.63. The lowest BCUT2D eigenvalue weighted by atomic mass is 9.95. The van der Waals surface area contributed by atoms with Crippen molar-refractivity contribution in [3.63, 3.8) is 0 Å². The lowest BCUT2D eigenvalue weighted by molar-refractivity contribution is 0.0739. The number of nitrogens with one attached hydrogen (secondary N) is 1. The minimum atomic E-state index is -0.0283. The van der Waals surface area contributed by atoms with Gasteiger partial charge in [0.2, 0.25) is 0 Å². The molecule has 1 aliphatic carbocycles. The number of piperazine rings is 1. The minimum absolute atomic E-state index is 0.0283. The molecule has 1 aromatic heterocycles. The summed E-state index contributed by atoms with van der Waals surface area (Å²) in [5.74, 6) is 0.742. The molecule has 1 amide bonds. The van der Waals surface area contributed by atoms with Crippen molar-refractivity contribution in [1.82, 2.24) is 15.1 Å². The summed E-state index contributed by atoms with van der Waals surface area (Å²) in [4.78, 5) is 16.9. The molecule has 2 aliphatic rings. The first-order chi connectivity index (χ1) is 13.3. The Morgan fingerprint density at radius 2 is 1.63 bits per heavy atom. The monoisotopic (exact) mass is 365 g/mol. The highest BCUT2D eigenvalue weighted by atomic mass is 16.2. The van der Waals surface area contributed by atoms with Crippen LogP contribution in [0, 0.1) is 0 Å². The minimum Gasteiger partial charge on any atom is -0.368 e. The van der Waals surface area contributed by atoms with Crippen LogP contribution in [0.2, 0.25) is 0 Å². The van der Waals surface area contributed by atoms with Crippen molar-refractivity contribution in [1.29, 1.82) is 0 Å². The van der Waals surface area contributed by atoms with E-state index in [0.29, 0.717) is 24.8 Å². The molecule has 2 fully saturated rings. The predicted octanol–water partition coefficient (Wildman–Crippen LogP) is 3.18. The molecule has 2 aromatic rings. The van der Waals surface area contributed by atoms with Gasteiger partial charge in [0.05, 0.1) is 0 Å². The van der Waals surface area contributed by atoms with Gasteiger partial charge in [-0.3, -0.25) is 4.79 Å². The molecular formula is C21H27N5O. The molecule has 0 bridgehead atoms. The molecule has 0 spiro atoms. The second-order valence-electron chi connectivity index (χ2n) is 7.40. The molecule has 6 heteroatoms. The van der Waals surface area contributed by atoms with Crippen molar-refractivity contribution in [2.75, 3.05) is 36.4 Å². The maximum Gasteiger partial charge on any atom is 0.274 e. The zero-order valence-corrected chi connectivity index (χ0v) is 15.7. The summed E-state index contributed by atoms with van der Waals surface area (Å²) in [6.45, 7) is 3.09. The van der Waals surface area contributed by atoms with Crippen molar-refractivity contribution in [2.45, 2.75) is 38.1 Å². The molecule has 0 radical (unpaired) electrons. The summed E-state index contributed by atoms with van der Waals surface area (Å²) >= 11 is 0. The van der Waals surface area contributed by atoms with Crippen molar-refractivity contribution < 1.29 is 4.79 Å². The zero-order valence-electron chi connectivity index (χ0n) is 15.7. The first-order valence-electron chi connectivity index (χ1n) is 9.99. The van der Waals surface area contributed by atoms with E-state index >= 15 is 0 Å². The largest absolute Gasteiger partial charge is 0.368 e. The predicted molar refractivity (Wildman–Crippen MR) is 107 cm³/mol. The molecule has 6 nitrogen and oxygen atoms in total. The average Bonchev–Trinajstić information content (AvgIpc) is 2.75. The Morgan fingerprint density at radius 1 is 0.889 bits per heavy atom. The molecule has 1 saturated heterocycles. The van der Waals surface area contributed by atoms with Gasteiger partial charge in [0.15, 0.2) is 5.69 Å². The number of carbonyl (C=O) groups is 1. The van der Waals surface area contributed by atoms with Gasteiger partial charge >= 0.3 is 0 Å². The van der Waals surface area contributed by atoms with E-state index in [2.05, 4.69) is 32.5 Å². The SMILES string of the molecule is O=C(c1ccc(NC2CCCCC2)nn1)N1CCN(c2ccccc2)CC1. The van der Waals surface area contributed by atoms with Crippen LogP contribution in [-0.4, -0.2) is 53.2 Å². The lowest BCUT2D eigenvalue weighted by Crippen LogP contribution is -2.49. The van der Waals surface area contributed by atoms with Crippen molar-refractivity contribution in [3.8, 4) is 0 Å². The van der Waals surface area contributed by atoms with Crippen LogP contribution in [0.4, 0.5) is 11.5 Å². The Balaban J connectivity index is 1.32. The first kappa shape index (κ1) is 17.8. The highest BCUT2D eigenvalue weighted by molar-refractivity contribution is 5.92. The smallest absolute Gasteiger partial charge is 0.274 e. The fourth-order valence-electron chi connectivity index (χ4n) is 3.95. The van der Waals surface area contributed by atoms with Crippen LogP contribution >= 0.6 is 0 Å². The summed E-state index contributed by atoms with van der Waals surface area (Å²) < 4.78 is 0. The molecule has 0 atom stereocenters. The highest BCUT2D eigenvalue weighted by Crippen LogP contribution is 2.21. The number of aromatic nitrogens is 2. The third kappa shape index (κ3) is 4.38. The zero-order chi connectivity index (χ0) is 18.5. The van der Waals surface area contributed by atoms with Gasteiger partial charge in [-0.1, -0.05) is 37.5 Å². The summed E-state index contributed by atoms with van der Waals surface area (Å²) in [5, 5.41) is 11.9. The Bertz CT molecular complexity index is 735. The van der Waals surface area contributed by atoms with Gasteiger partial charge in [-0.05, 0) is 37.1 Å². The maximum atomic E-state index is 12.7. The molecule has 2 heterocycles. The second-order valence-corrected chi connectivity index (χ2v) is 7.40. The highest BCUT2D eigenvalue weighted by Gasteiger charge is 2.23. The first-order valence-corrected chi connectivity index (χ1v) is 9.99. The summed E-state index contributed by atoms with van der Waals surface area (Å²) in [6.07, 6.45) is 6.25. The standard InChI is InChI=1S/C21H27N5O/c27-21(26-15-13-25(14-16-26)18-9-5-2-6-10-18)19-11-12-20(24-23-19)22-17-7-3-1-4-8-17/h2,5-6,9-12,17H,1,3-4,7-8,13-16H2,(H,22,24). The van der Waals surface area contributed by atoms with E-state index in [9.17, 15) is 4.79 Å². The van der Waals surface area contributed by atoms with Crippen LogP contribution in [0.15, 0.2) is 42.5 Å². The van der Waals surface area contributed by atoms with Crippen molar-refractivity contribution >= 4 is 17.4 Å². The molecule has 1 N–H and O–H groups in total. The molecule has 1 aromatic carbocycles. The van der Waals surface area contributed by atoms with E-state index in [0.717, 1.165) is 18.9 Å². The molecule has 1 aliphatic heterocycles. The van der Waals surface area contributed by atoms with Crippen molar-refractivity contribution in [3.05, 3.63) is 48.2 Å². The molecule has 142 valence electrons. The topological polar surface area (TPSA) is 61.4 Å². The summed E-state index contributed by atoms with van der Waals surface area (Å²) in [6, 6.07) is 14.5. The van der Waals surface area contributed by atoms with Crippen molar-refractivity contribution in [2.24, 2.45) is 0 Å². The van der Waals surface area contributed by atoms with Gasteiger partial charge in [0, 0.05) is 37.9 Å². The van der Waals surface area contributed by atoms with Gasteiger partial charge in [-0.2, -0.15) is 0 Å². The number of carbonyl (C=O) groups excluding carboxylic acids is 1. The maximum absolute atomic E-state index is 12.7. The normalized spacial score (nSPS) is 18.4. The molecule has 27 heavy (non-hydrogen) atoms.